The average molecular weight is 267 g/mol. The Kier molecular flexibility index (Phi) is 6.29. The van der Waals surface area contributed by atoms with E-state index in [4.69, 9.17) is 4.74 Å². The van der Waals surface area contributed by atoms with E-state index in [2.05, 4.69) is 19.2 Å². The van der Waals surface area contributed by atoms with Crippen molar-refractivity contribution in [3.05, 3.63) is 29.1 Å². The normalized spacial score (nSPS) is 14.2. The summed E-state index contributed by atoms with van der Waals surface area (Å²) in [7, 11) is 1.87. The van der Waals surface area contributed by atoms with E-state index in [1.54, 1.807) is 19.1 Å². The van der Waals surface area contributed by atoms with Crippen molar-refractivity contribution in [3.63, 3.8) is 0 Å². The summed E-state index contributed by atoms with van der Waals surface area (Å²) < 4.78 is 19.6. The number of rotatable bonds is 7. The summed E-state index contributed by atoms with van der Waals surface area (Å²) in [6.45, 7) is 8.81. The fraction of sp³-hybridized carbons (Fsp3) is 0.625. The van der Waals surface area contributed by atoms with E-state index >= 15 is 0 Å². The number of benzene rings is 1. The van der Waals surface area contributed by atoms with Crippen LogP contribution in [0.3, 0.4) is 0 Å². The molecule has 1 rings (SSSR count). The molecular formula is C16H26FNO. The molecular weight excluding hydrogens is 241 g/mol. The van der Waals surface area contributed by atoms with E-state index in [9.17, 15) is 4.39 Å². The Morgan fingerprint density at radius 1 is 1.32 bits per heavy atom. The molecule has 2 unspecified atom stereocenters. The molecule has 1 aromatic rings. The maximum Gasteiger partial charge on any atom is 0.126 e. The summed E-state index contributed by atoms with van der Waals surface area (Å²) in [4.78, 5) is 0. The molecule has 19 heavy (non-hydrogen) atoms. The molecule has 1 aromatic carbocycles. The lowest BCUT2D eigenvalue weighted by Crippen LogP contribution is -2.16. The van der Waals surface area contributed by atoms with Gasteiger partial charge in [-0.05, 0) is 50.9 Å². The van der Waals surface area contributed by atoms with Crippen LogP contribution in [0, 0.1) is 18.7 Å². The lowest BCUT2D eigenvalue weighted by Gasteiger charge is -2.19. The number of ether oxygens (including phenoxy) is 1. The summed E-state index contributed by atoms with van der Waals surface area (Å²) >= 11 is 0. The van der Waals surface area contributed by atoms with Gasteiger partial charge in [0.2, 0.25) is 0 Å². The largest absolute Gasteiger partial charge is 0.493 e. The Labute approximate surface area is 116 Å². The molecule has 0 bridgehead atoms. The molecule has 0 heterocycles. The minimum absolute atomic E-state index is 0.0755. The van der Waals surface area contributed by atoms with E-state index in [1.807, 2.05) is 14.0 Å². The van der Waals surface area contributed by atoms with Crippen molar-refractivity contribution >= 4 is 0 Å². The Balaban J connectivity index is 2.88. The molecule has 0 aliphatic heterocycles. The molecule has 2 nitrogen and oxygen atoms in total. The quantitative estimate of drug-likeness (QED) is 0.798. The highest BCUT2D eigenvalue weighted by molar-refractivity contribution is 5.40. The van der Waals surface area contributed by atoms with Gasteiger partial charge in [-0.3, -0.25) is 0 Å². The number of hydrogen-bond donors (Lipinski definition) is 1. The van der Waals surface area contributed by atoms with Gasteiger partial charge in [-0.1, -0.05) is 20.3 Å². The van der Waals surface area contributed by atoms with Crippen LogP contribution in [0.4, 0.5) is 4.39 Å². The second-order valence-corrected chi connectivity index (χ2v) is 5.35. The van der Waals surface area contributed by atoms with E-state index in [0.29, 0.717) is 18.1 Å². The van der Waals surface area contributed by atoms with Crippen LogP contribution < -0.4 is 10.1 Å². The summed E-state index contributed by atoms with van der Waals surface area (Å²) in [6, 6.07) is 3.46. The van der Waals surface area contributed by atoms with Gasteiger partial charge < -0.3 is 10.1 Å². The molecule has 2 atom stereocenters. The number of hydrogen-bond acceptors (Lipinski definition) is 2. The zero-order valence-electron chi connectivity index (χ0n) is 12.7. The van der Waals surface area contributed by atoms with Crippen LogP contribution in [0.25, 0.3) is 0 Å². The Morgan fingerprint density at radius 2 is 2.00 bits per heavy atom. The third-order valence-corrected chi connectivity index (χ3v) is 3.50. The molecule has 1 N–H and O–H groups in total. The molecule has 0 fully saturated rings. The molecule has 0 amide bonds. The van der Waals surface area contributed by atoms with Gasteiger partial charge in [0.1, 0.15) is 11.6 Å². The van der Waals surface area contributed by atoms with Crippen LogP contribution in [0.5, 0.6) is 5.75 Å². The van der Waals surface area contributed by atoms with Crippen molar-refractivity contribution in [2.75, 3.05) is 13.7 Å². The van der Waals surface area contributed by atoms with Crippen LogP contribution in [-0.2, 0) is 0 Å². The summed E-state index contributed by atoms with van der Waals surface area (Å²) in [5.74, 6) is 1.14. The van der Waals surface area contributed by atoms with Gasteiger partial charge in [0.15, 0.2) is 0 Å². The smallest absolute Gasteiger partial charge is 0.126 e. The standard InChI is InChI=1S/C16H26FNO/c1-6-7-11(2)10-19-16-8-12(3)15(17)9-14(16)13(4)18-5/h8-9,11,13,18H,6-7,10H2,1-5H3. The minimum atomic E-state index is -0.175. The van der Waals surface area contributed by atoms with Crippen molar-refractivity contribution < 1.29 is 9.13 Å². The van der Waals surface area contributed by atoms with Crippen LogP contribution in [0.15, 0.2) is 12.1 Å². The Morgan fingerprint density at radius 3 is 2.58 bits per heavy atom. The van der Waals surface area contributed by atoms with Crippen molar-refractivity contribution in [2.45, 2.75) is 46.6 Å². The van der Waals surface area contributed by atoms with E-state index in [1.165, 1.54) is 0 Å². The molecule has 0 radical (unpaired) electrons. The predicted molar refractivity (Wildman–Crippen MR) is 78.2 cm³/mol. The van der Waals surface area contributed by atoms with Crippen molar-refractivity contribution in [1.29, 1.82) is 0 Å². The van der Waals surface area contributed by atoms with Gasteiger partial charge in [0.25, 0.3) is 0 Å². The summed E-state index contributed by atoms with van der Waals surface area (Å²) in [6.07, 6.45) is 2.31. The fourth-order valence-corrected chi connectivity index (χ4v) is 2.10. The molecule has 108 valence electrons. The molecule has 3 heteroatoms. The average Bonchev–Trinajstić information content (AvgIpc) is 2.39. The Bertz CT molecular complexity index is 406. The van der Waals surface area contributed by atoms with Gasteiger partial charge in [-0.2, -0.15) is 0 Å². The third-order valence-electron chi connectivity index (χ3n) is 3.50. The zero-order valence-corrected chi connectivity index (χ0v) is 12.7. The van der Waals surface area contributed by atoms with Gasteiger partial charge in [0, 0.05) is 11.6 Å². The molecule has 0 saturated carbocycles. The Hall–Kier alpha value is -1.09. The van der Waals surface area contributed by atoms with E-state index in [-0.39, 0.29) is 11.9 Å². The van der Waals surface area contributed by atoms with Crippen molar-refractivity contribution in [3.8, 4) is 5.75 Å². The molecule has 0 aliphatic rings. The summed E-state index contributed by atoms with van der Waals surface area (Å²) in [5, 5.41) is 3.13. The second kappa shape index (κ2) is 7.49. The van der Waals surface area contributed by atoms with Gasteiger partial charge >= 0.3 is 0 Å². The monoisotopic (exact) mass is 267 g/mol. The maximum atomic E-state index is 13.7. The molecule has 0 aliphatic carbocycles. The highest BCUT2D eigenvalue weighted by Gasteiger charge is 2.14. The van der Waals surface area contributed by atoms with Gasteiger partial charge in [-0.15, -0.1) is 0 Å². The first-order valence-electron chi connectivity index (χ1n) is 7.09. The highest BCUT2D eigenvalue weighted by atomic mass is 19.1. The van der Waals surface area contributed by atoms with Crippen LogP contribution >= 0.6 is 0 Å². The van der Waals surface area contributed by atoms with Gasteiger partial charge in [-0.25, -0.2) is 4.39 Å². The van der Waals surface area contributed by atoms with Crippen LogP contribution in [0.2, 0.25) is 0 Å². The fourth-order valence-electron chi connectivity index (χ4n) is 2.10. The maximum absolute atomic E-state index is 13.7. The second-order valence-electron chi connectivity index (χ2n) is 5.35. The SMILES string of the molecule is CCCC(C)COc1cc(C)c(F)cc1C(C)NC. The number of nitrogens with one attached hydrogen (secondary N) is 1. The zero-order chi connectivity index (χ0) is 14.4. The van der Waals surface area contributed by atoms with Crippen molar-refractivity contribution in [1.82, 2.24) is 5.32 Å². The molecule has 0 saturated heterocycles. The van der Waals surface area contributed by atoms with E-state index < -0.39 is 0 Å². The summed E-state index contributed by atoms with van der Waals surface area (Å²) in [5.41, 5.74) is 1.51. The first-order valence-corrected chi connectivity index (χ1v) is 7.09. The first kappa shape index (κ1) is 16.0. The first-order chi connectivity index (χ1) is 8.99. The highest BCUT2D eigenvalue weighted by Crippen LogP contribution is 2.28. The number of halogens is 1. The number of aryl methyl sites for hydroxylation is 1. The van der Waals surface area contributed by atoms with E-state index in [0.717, 1.165) is 24.2 Å². The molecule has 0 aromatic heterocycles. The lowest BCUT2D eigenvalue weighted by atomic mass is 10.0. The van der Waals surface area contributed by atoms with Gasteiger partial charge in [0.05, 0.1) is 6.61 Å². The topological polar surface area (TPSA) is 21.3 Å². The third kappa shape index (κ3) is 4.50. The lowest BCUT2D eigenvalue weighted by molar-refractivity contribution is 0.247. The minimum Gasteiger partial charge on any atom is -0.493 e. The molecule has 0 spiro atoms. The van der Waals surface area contributed by atoms with Crippen molar-refractivity contribution in [2.24, 2.45) is 5.92 Å². The van der Waals surface area contributed by atoms with Crippen LogP contribution in [-0.4, -0.2) is 13.7 Å². The predicted octanol–water partition coefficient (Wildman–Crippen LogP) is 4.23. The van der Waals surface area contributed by atoms with Crippen LogP contribution in [0.1, 0.15) is 50.8 Å².